The normalized spacial score (nSPS) is 11.2. The van der Waals surface area contributed by atoms with Gasteiger partial charge in [-0.15, -0.1) is 0 Å². The van der Waals surface area contributed by atoms with Crippen LogP contribution in [0.1, 0.15) is 36.2 Å². The van der Waals surface area contributed by atoms with Gasteiger partial charge in [0.2, 0.25) is 0 Å². The van der Waals surface area contributed by atoms with E-state index < -0.39 is 16.0 Å². The van der Waals surface area contributed by atoms with Gasteiger partial charge in [-0.05, 0) is 79.6 Å². The molecule has 0 heterocycles. The summed E-state index contributed by atoms with van der Waals surface area (Å²) in [4.78, 5) is 12.5. The standard InChI is InChI=1S/C26H27ClN2O7S/c1-4-14-35-22-13-7-19(16-24(22)33-3)26(30)29-28-17-18-6-12-23(25(15-18)34-5-2)36-37(31,32)21-10-8-20(27)9-11-21/h6-13,15-17H,4-5,14H2,1-3H3,(H,29,30)/b28-17+. The molecule has 0 fully saturated rings. The van der Waals surface area contributed by atoms with Crippen LogP contribution < -0.4 is 23.8 Å². The lowest BCUT2D eigenvalue weighted by Crippen LogP contribution is -2.17. The minimum atomic E-state index is -4.11. The van der Waals surface area contributed by atoms with Crippen LogP contribution in [0.5, 0.6) is 23.0 Å². The average molecular weight is 547 g/mol. The number of rotatable bonds is 12. The number of nitrogens with one attached hydrogen (secondary N) is 1. The van der Waals surface area contributed by atoms with E-state index in [0.717, 1.165) is 6.42 Å². The molecule has 0 saturated carbocycles. The van der Waals surface area contributed by atoms with E-state index in [1.54, 1.807) is 37.3 Å². The second-order valence-electron chi connectivity index (χ2n) is 7.54. The molecule has 0 aliphatic rings. The highest BCUT2D eigenvalue weighted by atomic mass is 35.5. The molecule has 3 aromatic rings. The van der Waals surface area contributed by atoms with Crippen LogP contribution in [0.3, 0.4) is 0 Å². The van der Waals surface area contributed by atoms with E-state index in [2.05, 4.69) is 10.5 Å². The molecule has 0 aliphatic heterocycles. The van der Waals surface area contributed by atoms with Crippen LogP contribution in [0.25, 0.3) is 0 Å². The van der Waals surface area contributed by atoms with Crippen LogP contribution in [-0.2, 0) is 10.1 Å². The lowest BCUT2D eigenvalue weighted by atomic mass is 10.2. The van der Waals surface area contributed by atoms with Crippen LogP contribution in [0.4, 0.5) is 0 Å². The highest BCUT2D eigenvalue weighted by molar-refractivity contribution is 7.87. The number of hydrogen-bond donors (Lipinski definition) is 1. The van der Waals surface area contributed by atoms with Crippen LogP contribution in [0.15, 0.2) is 70.7 Å². The summed E-state index contributed by atoms with van der Waals surface area (Å²) in [5.41, 5.74) is 3.33. The fraction of sp³-hybridized carbons (Fsp3) is 0.231. The Morgan fingerprint density at radius 3 is 2.35 bits per heavy atom. The maximum atomic E-state index is 12.6. The van der Waals surface area contributed by atoms with E-state index >= 15 is 0 Å². The molecule has 9 nitrogen and oxygen atoms in total. The Morgan fingerprint density at radius 1 is 0.946 bits per heavy atom. The first-order valence-electron chi connectivity index (χ1n) is 11.4. The molecule has 0 atom stereocenters. The van der Waals surface area contributed by atoms with Crippen LogP contribution in [0, 0.1) is 0 Å². The summed E-state index contributed by atoms with van der Waals surface area (Å²) in [6.45, 7) is 4.56. The molecule has 0 spiro atoms. The summed E-state index contributed by atoms with van der Waals surface area (Å²) >= 11 is 5.83. The largest absolute Gasteiger partial charge is 0.493 e. The number of benzene rings is 3. The molecule has 0 aromatic heterocycles. The zero-order chi connectivity index (χ0) is 26.8. The number of ether oxygens (including phenoxy) is 3. The third kappa shape index (κ3) is 7.61. The zero-order valence-corrected chi connectivity index (χ0v) is 22.1. The molecule has 0 unspecified atom stereocenters. The fourth-order valence-electron chi connectivity index (χ4n) is 3.08. The van der Waals surface area contributed by atoms with Crippen molar-refractivity contribution in [2.45, 2.75) is 25.2 Å². The van der Waals surface area contributed by atoms with E-state index in [1.165, 1.54) is 43.7 Å². The third-order valence-corrected chi connectivity index (χ3v) is 6.34. The van der Waals surface area contributed by atoms with Gasteiger partial charge in [0.25, 0.3) is 5.91 Å². The van der Waals surface area contributed by atoms with E-state index in [-0.39, 0.29) is 23.0 Å². The summed E-state index contributed by atoms with van der Waals surface area (Å²) in [6, 6.07) is 15.0. The zero-order valence-electron chi connectivity index (χ0n) is 20.6. The van der Waals surface area contributed by atoms with Crippen LogP contribution >= 0.6 is 11.6 Å². The smallest absolute Gasteiger partial charge is 0.339 e. The van der Waals surface area contributed by atoms with Crippen LogP contribution in [0.2, 0.25) is 5.02 Å². The Hall–Kier alpha value is -3.76. The average Bonchev–Trinajstić information content (AvgIpc) is 2.89. The second kappa shape index (κ2) is 13.0. The SMILES string of the molecule is CCCOc1ccc(C(=O)N/N=C/c2ccc(OS(=O)(=O)c3ccc(Cl)cc3)c(OCC)c2)cc1OC. The molecule has 0 aliphatic carbocycles. The first kappa shape index (κ1) is 27.8. The van der Waals surface area contributed by atoms with Crippen LogP contribution in [-0.4, -0.2) is 40.9 Å². The van der Waals surface area contributed by atoms with Gasteiger partial charge in [0.05, 0.1) is 26.5 Å². The van der Waals surface area contributed by atoms with E-state index in [1.807, 2.05) is 6.92 Å². The van der Waals surface area contributed by atoms with Gasteiger partial charge in [-0.2, -0.15) is 13.5 Å². The number of halogens is 1. The van der Waals surface area contributed by atoms with Crippen molar-refractivity contribution in [3.63, 3.8) is 0 Å². The highest BCUT2D eigenvalue weighted by Crippen LogP contribution is 2.31. The van der Waals surface area contributed by atoms with Gasteiger partial charge in [0, 0.05) is 10.6 Å². The second-order valence-corrected chi connectivity index (χ2v) is 9.53. The highest BCUT2D eigenvalue weighted by Gasteiger charge is 2.19. The molecule has 3 aromatic carbocycles. The van der Waals surface area contributed by atoms with Crippen molar-refractivity contribution in [1.82, 2.24) is 5.43 Å². The van der Waals surface area contributed by atoms with Gasteiger partial charge < -0.3 is 18.4 Å². The monoisotopic (exact) mass is 546 g/mol. The van der Waals surface area contributed by atoms with Gasteiger partial charge in [0.1, 0.15) is 4.90 Å². The number of methoxy groups -OCH3 is 1. The Balaban J connectivity index is 1.72. The number of amides is 1. The lowest BCUT2D eigenvalue weighted by molar-refractivity contribution is 0.0954. The maximum absolute atomic E-state index is 12.6. The van der Waals surface area contributed by atoms with E-state index in [4.69, 9.17) is 30.0 Å². The van der Waals surface area contributed by atoms with Crippen molar-refractivity contribution >= 4 is 33.8 Å². The van der Waals surface area contributed by atoms with Crippen molar-refractivity contribution in [2.75, 3.05) is 20.3 Å². The van der Waals surface area contributed by atoms with Gasteiger partial charge in [-0.1, -0.05) is 18.5 Å². The molecular formula is C26H27ClN2O7S. The van der Waals surface area contributed by atoms with Crippen molar-refractivity contribution in [1.29, 1.82) is 0 Å². The number of carbonyl (C=O) groups excluding carboxylic acids is 1. The molecule has 1 amide bonds. The third-order valence-electron chi connectivity index (χ3n) is 4.84. The quantitative estimate of drug-likeness (QED) is 0.192. The fourth-order valence-corrected chi connectivity index (χ4v) is 4.15. The molecule has 0 saturated heterocycles. The predicted octanol–water partition coefficient (Wildman–Crippen LogP) is 5.07. The molecule has 0 bridgehead atoms. The Kier molecular flexibility index (Phi) is 9.76. The minimum absolute atomic E-state index is 0.00969. The van der Waals surface area contributed by atoms with Crippen molar-refractivity contribution in [3.8, 4) is 23.0 Å². The Bertz CT molecular complexity index is 1360. The summed E-state index contributed by atoms with van der Waals surface area (Å²) < 4.78 is 47.0. The number of carbonyl (C=O) groups is 1. The van der Waals surface area contributed by atoms with Gasteiger partial charge in [-0.25, -0.2) is 5.43 Å². The number of hydrazone groups is 1. The van der Waals surface area contributed by atoms with Gasteiger partial charge in [0.15, 0.2) is 23.0 Å². The molecule has 1 N–H and O–H groups in total. The van der Waals surface area contributed by atoms with Crippen molar-refractivity contribution in [2.24, 2.45) is 5.10 Å². The lowest BCUT2D eigenvalue weighted by Gasteiger charge is -2.12. The summed E-state index contributed by atoms with van der Waals surface area (Å²) in [6.07, 6.45) is 2.24. The summed E-state index contributed by atoms with van der Waals surface area (Å²) in [7, 11) is -2.61. The molecule has 11 heteroatoms. The van der Waals surface area contributed by atoms with E-state index in [9.17, 15) is 13.2 Å². The molecule has 0 radical (unpaired) electrons. The van der Waals surface area contributed by atoms with Crippen molar-refractivity contribution in [3.05, 3.63) is 76.8 Å². The molecule has 196 valence electrons. The van der Waals surface area contributed by atoms with E-state index in [0.29, 0.717) is 34.3 Å². The Morgan fingerprint density at radius 2 is 1.68 bits per heavy atom. The van der Waals surface area contributed by atoms with Gasteiger partial charge >= 0.3 is 10.1 Å². The molecule has 37 heavy (non-hydrogen) atoms. The summed E-state index contributed by atoms with van der Waals surface area (Å²) in [5.74, 6) is 0.748. The minimum Gasteiger partial charge on any atom is -0.493 e. The van der Waals surface area contributed by atoms with Gasteiger partial charge in [-0.3, -0.25) is 4.79 Å². The molecular weight excluding hydrogens is 520 g/mol. The number of hydrogen-bond acceptors (Lipinski definition) is 8. The van der Waals surface area contributed by atoms with Crippen molar-refractivity contribution < 1.29 is 31.6 Å². The predicted molar refractivity (Wildman–Crippen MR) is 141 cm³/mol. The topological polar surface area (TPSA) is 113 Å². The molecule has 3 rings (SSSR count). The first-order chi connectivity index (χ1) is 17.8. The maximum Gasteiger partial charge on any atom is 0.339 e. The Labute approximate surface area is 221 Å². The number of nitrogens with zero attached hydrogens (tertiary/aromatic N) is 1. The summed E-state index contributed by atoms with van der Waals surface area (Å²) in [5, 5.41) is 4.39. The first-order valence-corrected chi connectivity index (χ1v) is 13.2.